The van der Waals surface area contributed by atoms with Gasteiger partial charge < -0.3 is 18.8 Å². The fraction of sp³-hybridized carbons (Fsp3) is 0.143. The predicted octanol–water partition coefficient (Wildman–Crippen LogP) is 3.88. The summed E-state index contributed by atoms with van der Waals surface area (Å²) in [6.45, 7) is -5.79. The summed E-state index contributed by atoms with van der Waals surface area (Å²) in [7, 11) is 1.01. The molecule has 0 saturated carbocycles. The molecule has 0 aliphatic rings. The monoisotopic (exact) mass is 329 g/mol. The molecule has 0 amide bonds. The van der Waals surface area contributed by atoms with E-state index in [9.17, 15) is 17.6 Å². The molecule has 0 fully saturated rings. The van der Waals surface area contributed by atoms with Gasteiger partial charge in [-0.05, 0) is 48.5 Å². The van der Waals surface area contributed by atoms with E-state index in [-0.39, 0.29) is 11.5 Å². The van der Waals surface area contributed by atoms with Gasteiger partial charge in [0.25, 0.3) is 0 Å². The molecule has 4 nitrogen and oxygen atoms in total. The van der Waals surface area contributed by atoms with E-state index < -0.39 is 13.2 Å². The zero-order valence-electron chi connectivity index (χ0n) is 11.5. The van der Waals surface area contributed by atoms with Gasteiger partial charge in [0.2, 0.25) is 0 Å². The van der Waals surface area contributed by atoms with Crippen molar-refractivity contribution in [1.29, 1.82) is 0 Å². The van der Waals surface area contributed by atoms with Crippen molar-refractivity contribution < 1.29 is 36.3 Å². The minimum absolute atomic E-state index is 0.00267. The maximum Gasteiger partial charge on any atom is 0.658 e. The van der Waals surface area contributed by atoms with Crippen LogP contribution in [0.15, 0.2) is 48.5 Å². The molecule has 0 aliphatic carbocycles. The Hall–Kier alpha value is -2.58. The summed E-state index contributed by atoms with van der Waals surface area (Å²) < 4.78 is 66.5. The number of benzene rings is 2. The normalized spacial score (nSPS) is 10.5. The fourth-order valence-electron chi connectivity index (χ4n) is 1.53. The van der Waals surface area contributed by atoms with Gasteiger partial charge in [0.15, 0.2) is 0 Å². The largest absolute Gasteiger partial charge is 0.658 e. The molecule has 0 heterocycles. The first-order valence-corrected chi connectivity index (χ1v) is 6.27. The van der Waals surface area contributed by atoms with Crippen LogP contribution in [0.2, 0.25) is 0 Å². The highest BCUT2D eigenvalue weighted by Gasteiger charge is 2.07. The molecule has 0 aromatic heterocycles. The van der Waals surface area contributed by atoms with Gasteiger partial charge in [-0.2, -0.15) is 17.6 Å². The van der Waals surface area contributed by atoms with Gasteiger partial charge in [-0.25, -0.2) is 0 Å². The van der Waals surface area contributed by atoms with Crippen LogP contribution in [0, 0.1) is 0 Å². The first kappa shape index (κ1) is 16.8. The van der Waals surface area contributed by atoms with E-state index in [0.29, 0.717) is 11.5 Å². The molecule has 121 valence electrons. The van der Waals surface area contributed by atoms with Gasteiger partial charge in [-0.1, -0.05) is 0 Å². The van der Waals surface area contributed by atoms with Crippen LogP contribution in [-0.4, -0.2) is 20.9 Å². The van der Waals surface area contributed by atoms with Crippen molar-refractivity contribution in [3.63, 3.8) is 0 Å². The minimum atomic E-state index is -2.89. The molecule has 9 heteroatoms. The van der Waals surface area contributed by atoms with E-state index in [1.54, 1.807) is 0 Å². The van der Waals surface area contributed by atoms with Crippen molar-refractivity contribution in [3.8, 4) is 23.0 Å². The first-order valence-electron chi connectivity index (χ1n) is 6.27. The summed E-state index contributed by atoms with van der Waals surface area (Å²) in [5, 5.41) is 0. The third kappa shape index (κ3) is 5.97. The van der Waals surface area contributed by atoms with Crippen LogP contribution in [0.3, 0.4) is 0 Å². The molecular formula is C14H10BF4O4. The number of hydrogen-bond acceptors (Lipinski definition) is 4. The Morgan fingerprint density at radius 2 is 0.870 bits per heavy atom. The SMILES string of the molecule is FC(F)Oc1ccc(O[B]Oc2ccc(OC(F)F)cc2)cc1. The highest BCUT2D eigenvalue weighted by atomic mass is 19.3. The molecule has 2 aromatic rings. The molecule has 0 spiro atoms. The number of ether oxygens (including phenoxy) is 2. The molecule has 0 bridgehead atoms. The highest BCUT2D eigenvalue weighted by Crippen LogP contribution is 2.21. The second-order valence-electron chi connectivity index (χ2n) is 4.03. The summed E-state index contributed by atoms with van der Waals surface area (Å²) in [4.78, 5) is 0. The van der Waals surface area contributed by atoms with E-state index in [0.717, 1.165) is 7.69 Å². The van der Waals surface area contributed by atoms with Gasteiger partial charge in [0.05, 0.1) is 0 Å². The van der Waals surface area contributed by atoms with Crippen molar-refractivity contribution in [2.75, 3.05) is 0 Å². The van der Waals surface area contributed by atoms with Crippen molar-refractivity contribution in [3.05, 3.63) is 48.5 Å². The zero-order valence-corrected chi connectivity index (χ0v) is 11.5. The van der Waals surface area contributed by atoms with E-state index in [1.165, 1.54) is 48.5 Å². The van der Waals surface area contributed by atoms with E-state index in [4.69, 9.17) is 9.31 Å². The van der Waals surface area contributed by atoms with E-state index >= 15 is 0 Å². The third-order valence-corrected chi connectivity index (χ3v) is 2.47. The second-order valence-corrected chi connectivity index (χ2v) is 4.03. The Bertz CT molecular complexity index is 539. The number of rotatable bonds is 8. The standard InChI is InChI=1S/C14H10BF4O4/c16-13(17)20-9-1-5-11(6-2-9)22-15-23-12-7-3-10(4-8-12)21-14(18)19/h1-8,13-14H. The van der Waals surface area contributed by atoms with Crippen molar-refractivity contribution in [2.24, 2.45) is 0 Å². The molecule has 0 N–H and O–H groups in total. The lowest BCUT2D eigenvalue weighted by molar-refractivity contribution is -0.0505. The number of hydrogen-bond donors (Lipinski definition) is 0. The second kappa shape index (κ2) is 8.16. The van der Waals surface area contributed by atoms with Gasteiger partial charge in [-0.15, -0.1) is 0 Å². The summed E-state index contributed by atoms with van der Waals surface area (Å²) >= 11 is 0. The molecule has 0 aliphatic heterocycles. The van der Waals surface area contributed by atoms with Crippen molar-refractivity contribution >= 4 is 7.69 Å². The van der Waals surface area contributed by atoms with Gasteiger partial charge in [-0.3, -0.25) is 0 Å². The van der Waals surface area contributed by atoms with E-state index in [2.05, 4.69) is 9.47 Å². The lowest BCUT2D eigenvalue weighted by atomic mass is 10.3. The van der Waals surface area contributed by atoms with E-state index in [1.807, 2.05) is 0 Å². The van der Waals surface area contributed by atoms with Crippen LogP contribution in [0.4, 0.5) is 17.6 Å². The molecule has 0 unspecified atom stereocenters. The van der Waals surface area contributed by atoms with Crippen LogP contribution in [0.25, 0.3) is 0 Å². The lowest BCUT2D eigenvalue weighted by Crippen LogP contribution is -2.11. The minimum Gasteiger partial charge on any atom is -0.526 e. The number of halogens is 4. The molecule has 23 heavy (non-hydrogen) atoms. The lowest BCUT2D eigenvalue weighted by Gasteiger charge is -2.09. The number of alkyl halides is 4. The maximum absolute atomic E-state index is 12.0. The van der Waals surface area contributed by atoms with Crippen LogP contribution in [-0.2, 0) is 0 Å². The first-order chi connectivity index (χ1) is 11.0. The summed E-state index contributed by atoms with van der Waals surface area (Å²) in [6, 6.07) is 10.9. The summed E-state index contributed by atoms with van der Waals surface area (Å²) in [6.07, 6.45) is 0. The summed E-state index contributed by atoms with van der Waals surface area (Å²) in [5.41, 5.74) is 0. The molecular weight excluding hydrogens is 319 g/mol. The van der Waals surface area contributed by atoms with Crippen LogP contribution < -0.4 is 18.8 Å². The zero-order chi connectivity index (χ0) is 16.7. The van der Waals surface area contributed by atoms with Crippen molar-refractivity contribution in [2.45, 2.75) is 13.2 Å². The van der Waals surface area contributed by atoms with Gasteiger partial charge in [0, 0.05) is 0 Å². The average Bonchev–Trinajstić information content (AvgIpc) is 2.50. The smallest absolute Gasteiger partial charge is 0.526 e. The average molecular weight is 329 g/mol. The molecule has 0 atom stereocenters. The predicted molar refractivity (Wildman–Crippen MR) is 73.2 cm³/mol. The topological polar surface area (TPSA) is 36.9 Å². The van der Waals surface area contributed by atoms with Crippen LogP contribution in [0.5, 0.6) is 23.0 Å². The van der Waals surface area contributed by atoms with Crippen molar-refractivity contribution in [1.82, 2.24) is 0 Å². The quantitative estimate of drug-likeness (QED) is 0.544. The Morgan fingerprint density at radius 3 is 1.17 bits per heavy atom. The third-order valence-electron chi connectivity index (χ3n) is 2.47. The van der Waals surface area contributed by atoms with Crippen LogP contribution >= 0.6 is 0 Å². The maximum atomic E-state index is 12.0. The van der Waals surface area contributed by atoms with Gasteiger partial charge in [0.1, 0.15) is 23.0 Å². The highest BCUT2D eigenvalue weighted by molar-refractivity contribution is 6.20. The Kier molecular flexibility index (Phi) is 5.96. The molecule has 0 saturated heterocycles. The Morgan fingerprint density at radius 1 is 0.565 bits per heavy atom. The van der Waals surface area contributed by atoms with Crippen LogP contribution in [0.1, 0.15) is 0 Å². The Balaban J connectivity index is 1.78. The molecule has 1 radical (unpaired) electrons. The Labute approximate surface area is 129 Å². The van der Waals surface area contributed by atoms with Gasteiger partial charge >= 0.3 is 20.9 Å². The molecule has 2 rings (SSSR count). The summed E-state index contributed by atoms with van der Waals surface area (Å²) in [5.74, 6) is 0.680. The molecule has 2 aromatic carbocycles. The fourth-order valence-corrected chi connectivity index (χ4v) is 1.53.